The number of benzene rings is 2. The van der Waals surface area contributed by atoms with Gasteiger partial charge >= 0.3 is 0 Å². The lowest BCUT2D eigenvalue weighted by Crippen LogP contribution is -2.45. The van der Waals surface area contributed by atoms with Gasteiger partial charge in [0.15, 0.2) is 15.6 Å². The van der Waals surface area contributed by atoms with Crippen LogP contribution in [0.25, 0.3) is 10.8 Å². The summed E-state index contributed by atoms with van der Waals surface area (Å²) in [5, 5.41) is 1.43. The fourth-order valence-corrected chi connectivity index (χ4v) is 7.07. The third-order valence-corrected chi connectivity index (χ3v) is 8.55. The van der Waals surface area contributed by atoms with Crippen LogP contribution in [-0.2, 0) is 9.84 Å². The van der Waals surface area contributed by atoms with Crippen LogP contribution in [0.3, 0.4) is 0 Å². The van der Waals surface area contributed by atoms with Crippen molar-refractivity contribution in [2.24, 2.45) is 5.92 Å². The molecule has 0 aliphatic carbocycles. The van der Waals surface area contributed by atoms with E-state index in [2.05, 4.69) is 0 Å². The van der Waals surface area contributed by atoms with Crippen LogP contribution in [0.2, 0.25) is 0 Å². The average molecular weight is 342 g/mol. The number of sulfone groups is 1. The minimum atomic E-state index is -3.02. The van der Waals surface area contributed by atoms with Crippen molar-refractivity contribution in [2.75, 3.05) is 0 Å². The maximum Gasteiger partial charge on any atom is 0.166 e. The molecule has 4 heteroatoms. The summed E-state index contributed by atoms with van der Waals surface area (Å²) in [6.45, 7) is 1.97. The Hall–Kier alpha value is -1.68. The first-order valence-electron chi connectivity index (χ1n) is 8.74. The molecule has 0 spiro atoms. The standard InChI is InChI=1S/C20H22O3S/c1-13-9-10-14-5-2-3-8-18(14)19(13)20(21)15-11-16-6-4-7-17(12-15)24(16,22)23/h2-3,5,8-10,15-17H,4,6-7,11-12H2,1H3. The lowest BCUT2D eigenvalue weighted by Gasteiger charge is -2.38. The van der Waals surface area contributed by atoms with Gasteiger partial charge in [0.2, 0.25) is 0 Å². The fraction of sp³-hybridized carbons (Fsp3) is 0.450. The van der Waals surface area contributed by atoms with Crippen LogP contribution in [0.5, 0.6) is 0 Å². The maximum absolute atomic E-state index is 13.3. The van der Waals surface area contributed by atoms with Crippen LogP contribution in [0.15, 0.2) is 36.4 Å². The molecule has 0 N–H and O–H groups in total. The van der Waals surface area contributed by atoms with Gasteiger partial charge in [0.05, 0.1) is 10.5 Å². The Morgan fingerprint density at radius 2 is 1.67 bits per heavy atom. The summed E-state index contributed by atoms with van der Waals surface area (Å²) in [6, 6.07) is 12.0. The SMILES string of the molecule is Cc1ccc2ccccc2c1C(=O)C1CC2CCCC(C1)S2(=O)=O. The van der Waals surface area contributed by atoms with Crippen LogP contribution in [0, 0.1) is 12.8 Å². The number of rotatable bonds is 2. The van der Waals surface area contributed by atoms with Crippen molar-refractivity contribution < 1.29 is 13.2 Å². The summed E-state index contributed by atoms with van der Waals surface area (Å²) in [6.07, 6.45) is 3.41. The van der Waals surface area contributed by atoms with Gasteiger partial charge in [-0.05, 0) is 48.9 Å². The second-order valence-corrected chi connectivity index (χ2v) is 9.79. The number of carbonyl (C=O) groups excluding carboxylic acids is 1. The third-order valence-electron chi connectivity index (χ3n) is 5.83. The van der Waals surface area contributed by atoms with Crippen molar-refractivity contribution in [1.29, 1.82) is 0 Å². The van der Waals surface area contributed by atoms with Gasteiger partial charge in [-0.25, -0.2) is 8.42 Å². The molecular weight excluding hydrogens is 320 g/mol. The molecule has 2 heterocycles. The number of hydrogen-bond donors (Lipinski definition) is 0. The van der Waals surface area contributed by atoms with E-state index in [1.807, 2.05) is 43.3 Å². The first-order chi connectivity index (χ1) is 11.5. The predicted molar refractivity (Wildman–Crippen MR) is 96.1 cm³/mol. The average Bonchev–Trinajstić information content (AvgIpc) is 2.53. The molecule has 0 aromatic heterocycles. The van der Waals surface area contributed by atoms with Crippen LogP contribution in [-0.4, -0.2) is 24.7 Å². The quantitative estimate of drug-likeness (QED) is 0.773. The maximum atomic E-state index is 13.3. The lowest BCUT2D eigenvalue weighted by molar-refractivity contribution is 0.0895. The van der Waals surface area contributed by atoms with Crippen LogP contribution < -0.4 is 0 Å². The van der Waals surface area contributed by atoms with Gasteiger partial charge < -0.3 is 0 Å². The molecule has 2 unspecified atom stereocenters. The van der Waals surface area contributed by atoms with Crippen molar-refractivity contribution in [3.8, 4) is 0 Å². The number of fused-ring (bicyclic) bond motifs is 3. The van der Waals surface area contributed by atoms with E-state index in [9.17, 15) is 13.2 Å². The van der Waals surface area contributed by atoms with Gasteiger partial charge in [-0.1, -0.05) is 42.8 Å². The molecule has 2 atom stereocenters. The Morgan fingerprint density at radius 1 is 1.00 bits per heavy atom. The zero-order valence-electron chi connectivity index (χ0n) is 13.9. The molecular formula is C20H22O3S. The lowest BCUT2D eigenvalue weighted by atomic mass is 9.82. The molecule has 126 valence electrons. The number of aryl methyl sites for hydroxylation is 1. The number of carbonyl (C=O) groups is 1. The molecule has 2 aromatic rings. The summed E-state index contributed by atoms with van der Waals surface area (Å²) in [5.74, 6) is -0.0237. The molecule has 2 aromatic carbocycles. The monoisotopic (exact) mass is 342 g/mol. The molecule has 2 fully saturated rings. The molecule has 4 rings (SSSR count). The molecule has 2 bridgehead atoms. The topological polar surface area (TPSA) is 51.2 Å². The molecule has 0 amide bonds. The van der Waals surface area contributed by atoms with E-state index in [-0.39, 0.29) is 22.2 Å². The van der Waals surface area contributed by atoms with Crippen molar-refractivity contribution >= 4 is 26.4 Å². The summed E-state index contributed by atoms with van der Waals surface area (Å²) >= 11 is 0. The fourth-order valence-electron chi connectivity index (χ4n) is 4.53. The number of Topliss-reactive ketones (excluding diaryl/α,β-unsaturated/α-hetero) is 1. The van der Waals surface area contributed by atoms with Crippen molar-refractivity contribution in [3.63, 3.8) is 0 Å². The van der Waals surface area contributed by atoms with Crippen LogP contribution >= 0.6 is 0 Å². The van der Waals surface area contributed by atoms with E-state index in [1.54, 1.807) is 0 Å². The van der Waals surface area contributed by atoms with Gasteiger partial charge in [-0.2, -0.15) is 0 Å². The molecule has 0 saturated carbocycles. The van der Waals surface area contributed by atoms with Crippen molar-refractivity contribution in [3.05, 3.63) is 47.5 Å². The van der Waals surface area contributed by atoms with E-state index >= 15 is 0 Å². The molecule has 24 heavy (non-hydrogen) atoms. The minimum Gasteiger partial charge on any atom is -0.294 e. The Kier molecular flexibility index (Phi) is 3.75. The Labute approximate surface area is 143 Å². The van der Waals surface area contributed by atoms with Gasteiger partial charge in [0, 0.05) is 11.5 Å². The van der Waals surface area contributed by atoms with E-state index < -0.39 is 9.84 Å². The summed E-state index contributed by atoms with van der Waals surface area (Å²) in [5.41, 5.74) is 1.77. The van der Waals surface area contributed by atoms with Crippen molar-refractivity contribution in [2.45, 2.75) is 49.5 Å². The highest BCUT2D eigenvalue weighted by atomic mass is 32.2. The molecule has 0 radical (unpaired) electrons. The first-order valence-corrected chi connectivity index (χ1v) is 10.3. The summed E-state index contributed by atoms with van der Waals surface area (Å²) < 4.78 is 24.9. The second-order valence-electron chi connectivity index (χ2n) is 7.28. The highest BCUT2D eigenvalue weighted by Crippen LogP contribution is 2.41. The normalized spacial score (nSPS) is 28.6. The number of hydrogen-bond acceptors (Lipinski definition) is 3. The Bertz CT molecular complexity index is 894. The zero-order chi connectivity index (χ0) is 16.9. The highest BCUT2D eigenvalue weighted by molar-refractivity contribution is 7.92. The molecule has 3 nitrogen and oxygen atoms in total. The molecule has 2 aliphatic rings. The zero-order valence-corrected chi connectivity index (χ0v) is 14.7. The highest BCUT2D eigenvalue weighted by Gasteiger charge is 2.46. The Balaban J connectivity index is 1.74. The van der Waals surface area contributed by atoms with E-state index in [4.69, 9.17) is 0 Å². The second kappa shape index (κ2) is 5.69. The summed E-state index contributed by atoms with van der Waals surface area (Å²) in [7, 11) is -3.02. The van der Waals surface area contributed by atoms with Crippen molar-refractivity contribution in [1.82, 2.24) is 0 Å². The van der Waals surface area contributed by atoms with E-state index in [0.717, 1.165) is 41.2 Å². The smallest absolute Gasteiger partial charge is 0.166 e. The summed E-state index contributed by atoms with van der Waals surface area (Å²) in [4.78, 5) is 13.3. The third kappa shape index (κ3) is 2.39. The van der Waals surface area contributed by atoms with Gasteiger partial charge in [-0.15, -0.1) is 0 Å². The van der Waals surface area contributed by atoms with Gasteiger partial charge in [0.25, 0.3) is 0 Å². The minimum absolute atomic E-state index is 0.135. The molecule has 2 saturated heterocycles. The number of ketones is 1. The largest absolute Gasteiger partial charge is 0.294 e. The van der Waals surface area contributed by atoms with Gasteiger partial charge in [0.1, 0.15) is 0 Å². The van der Waals surface area contributed by atoms with Gasteiger partial charge in [-0.3, -0.25) is 4.79 Å². The molecule has 2 aliphatic heterocycles. The van der Waals surface area contributed by atoms with Crippen LogP contribution in [0.4, 0.5) is 0 Å². The predicted octanol–water partition coefficient (Wildman–Crippen LogP) is 4.08. The Morgan fingerprint density at radius 3 is 2.38 bits per heavy atom. The van der Waals surface area contributed by atoms with Crippen LogP contribution in [0.1, 0.15) is 48.0 Å². The first kappa shape index (κ1) is 15.8. The van der Waals surface area contributed by atoms with E-state index in [1.165, 1.54) is 0 Å². The van der Waals surface area contributed by atoms with E-state index in [0.29, 0.717) is 12.8 Å².